The summed E-state index contributed by atoms with van der Waals surface area (Å²) in [5.74, 6) is 1.43. The Bertz CT molecular complexity index is 1030. The lowest BCUT2D eigenvalue weighted by Gasteiger charge is -2.17. The van der Waals surface area contributed by atoms with Gasteiger partial charge in [0.05, 0.1) is 11.4 Å². The van der Waals surface area contributed by atoms with E-state index in [4.69, 9.17) is 19.1 Å². The first-order valence-corrected chi connectivity index (χ1v) is 10.1. The number of aromatic nitrogens is 2. The average molecular weight is 377 g/mol. The van der Waals surface area contributed by atoms with Crippen molar-refractivity contribution in [2.24, 2.45) is 0 Å². The van der Waals surface area contributed by atoms with Gasteiger partial charge in [-0.15, -0.1) is 0 Å². The maximum absolute atomic E-state index is 6.24. The highest BCUT2D eigenvalue weighted by Gasteiger charge is 2.21. The van der Waals surface area contributed by atoms with E-state index in [0.717, 1.165) is 48.4 Å². The van der Waals surface area contributed by atoms with Crippen LogP contribution in [0.2, 0.25) is 0 Å². The number of benzene rings is 1. The molecular formula is C23H27N3O2. The molecule has 0 radical (unpaired) electrons. The molecule has 1 atom stereocenters. The van der Waals surface area contributed by atoms with E-state index in [1.54, 1.807) is 0 Å². The van der Waals surface area contributed by atoms with Crippen LogP contribution in [0.1, 0.15) is 39.0 Å². The van der Waals surface area contributed by atoms with Crippen LogP contribution in [0, 0.1) is 0 Å². The van der Waals surface area contributed by atoms with Crippen LogP contribution in [-0.2, 0) is 0 Å². The molecule has 28 heavy (non-hydrogen) atoms. The van der Waals surface area contributed by atoms with E-state index in [1.165, 1.54) is 5.57 Å². The number of para-hydroxylation sites is 1. The number of hydrogen-bond acceptors (Lipinski definition) is 5. The smallest absolute Gasteiger partial charge is 0.244 e. The van der Waals surface area contributed by atoms with Crippen LogP contribution in [0.3, 0.4) is 0 Å². The SMILES string of the molecule is CCN(CC)CCOc1nc2ccccc2c2oc(C3C=CC(C)=CC3)nc12. The number of pyridine rings is 1. The van der Waals surface area contributed by atoms with Gasteiger partial charge in [0.25, 0.3) is 0 Å². The van der Waals surface area contributed by atoms with Crippen LogP contribution in [-0.4, -0.2) is 41.1 Å². The normalized spacial score (nSPS) is 16.9. The summed E-state index contributed by atoms with van der Waals surface area (Å²) in [4.78, 5) is 11.9. The van der Waals surface area contributed by atoms with Crippen LogP contribution in [0.15, 0.2) is 52.5 Å². The van der Waals surface area contributed by atoms with E-state index in [1.807, 2.05) is 24.3 Å². The van der Waals surface area contributed by atoms with Gasteiger partial charge in [-0.2, -0.15) is 0 Å². The number of likely N-dealkylation sites (N-methyl/N-ethyl adjacent to an activating group) is 1. The highest BCUT2D eigenvalue weighted by Crippen LogP contribution is 2.35. The summed E-state index contributed by atoms with van der Waals surface area (Å²) in [7, 11) is 0. The van der Waals surface area contributed by atoms with Crippen molar-refractivity contribution in [3.8, 4) is 5.88 Å². The van der Waals surface area contributed by atoms with Crippen molar-refractivity contribution in [2.45, 2.75) is 33.1 Å². The number of rotatable bonds is 7. The van der Waals surface area contributed by atoms with Crippen molar-refractivity contribution in [1.82, 2.24) is 14.9 Å². The van der Waals surface area contributed by atoms with Crippen LogP contribution >= 0.6 is 0 Å². The number of oxazole rings is 1. The summed E-state index contributed by atoms with van der Waals surface area (Å²) >= 11 is 0. The molecule has 5 heteroatoms. The Balaban J connectivity index is 1.70. The van der Waals surface area contributed by atoms with Gasteiger partial charge in [-0.25, -0.2) is 9.97 Å². The molecule has 146 valence electrons. The highest BCUT2D eigenvalue weighted by atomic mass is 16.5. The van der Waals surface area contributed by atoms with Gasteiger partial charge in [-0.05, 0) is 38.6 Å². The Morgan fingerprint density at radius 3 is 2.75 bits per heavy atom. The first kappa shape index (κ1) is 18.7. The molecule has 0 saturated carbocycles. The van der Waals surface area contributed by atoms with Crippen molar-refractivity contribution in [1.29, 1.82) is 0 Å². The van der Waals surface area contributed by atoms with E-state index in [0.29, 0.717) is 18.0 Å². The number of hydrogen-bond donors (Lipinski definition) is 0. The van der Waals surface area contributed by atoms with E-state index in [2.05, 4.69) is 43.9 Å². The molecular weight excluding hydrogens is 350 g/mol. The Morgan fingerprint density at radius 1 is 1.18 bits per heavy atom. The summed E-state index contributed by atoms with van der Waals surface area (Å²) < 4.78 is 12.3. The summed E-state index contributed by atoms with van der Waals surface area (Å²) in [6.07, 6.45) is 7.41. The van der Waals surface area contributed by atoms with Crippen molar-refractivity contribution < 1.29 is 9.15 Å². The molecule has 0 aliphatic heterocycles. The fourth-order valence-electron chi connectivity index (χ4n) is 3.57. The zero-order chi connectivity index (χ0) is 19.5. The standard InChI is InChI=1S/C23H27N3O2/c1-4-26(5-2)14-15-27-23-20-21(18-8-6-7-9-19(18)24-23)28-22(25-20)17-12-10-16(3)11-13-17/h6-12,17H,4-5,13-15H2,1-3H3. The monoisotopic (exact) mass is 377 g/mol. The first-order chi connectivity index (χ1) is 13.7. The Kier molecular flexibility index (Phi) is 5.44. The molecule has 0 bridgehead atoms. The van der Waals surface area contributed by atoms with Crippen molar-refractivity contribution >= 4 is 22.0 Å². The van der Waals surface area contributed by atoms with Gasteiger partial charge in [0.2, 0.25) is 11.8 Å². The number of nitrogens with zero attached hydrogens (tertiary/aromatic N) is 3. The molecule has 0 saturated heterocycles. The molecule has 3 aromatic rings. The topological polar surface area (TPSA) is 51.4 Å². The fourth-order valence-corrected chi connectivity index (χ4v) is 3.57. The lowest BCUT2D eigenvalue weighted by Crippen LogP contribution is -2.28. The Labute approximate surface area is 165 Å². The van der Waals surface area contributed by atoms with Crippen LogP contribution < -0.4 is 4.74 Å². The van der Waals surface area contributed by atoms with Crippen LogP contribution in [0.25, 0.3) is 22.0 Å². The van der Waals surface area contributed by atoms with Gasteiger partial charge >= 0.3 is 0 Å². The maximum Gasteiger partial charge on any atom is 0.244 e. The van der Waals surface area contributed by atoms with Gasteiger partial charge in [0.1, 0.15) is 6.61 Å². The minimum Gasteiger partial charge on any atom is -0.475 e. The molecule has 1 aliphatic rings. The predicted molar refractivity (Wildman–Crippen MR) is 113 cm³/mol. The van der Waals surface area contributed by atoms with Gasteiger partial charge in [-0.1, -0.05) is 49.8 Å². The third-order valence-electron chi connectivity index (χ3n) is 5.36. The third-order valence-corrected chi connectivity index (χ3v) is 5.36. The number of allylic oxidation sites excluding steroid dienone is 4. The minimum absolute atomic E-state index is 0.151. The second-order valence-corrected chi connectivity index (χ2v) is 7.19. The van der Waals surface area contributed by atoms with Crippen LogP contribution in [0.5, 0.6) is 5.88 Å². The van der Waals surface area contributed by atoms with Crippen molar-refractivity contribution in [3.63, 3.8) is 0 Å². The fraction of sp³-hybridized carbons (Fsp3) is 0.391. The second-order valence-electron chi connectivity index (χ2n) is 7.19. The van der Waals surface area contributed by atoms with E-state index >= 15 is 0 Å². The summed E-state index contributed by atoms with van der Waals surface area (Å²) in [5.41, 5.74) is 3.62. The Hall–Kier alpha value is -2.66. The summed E-state index contributed by atoms with van der Waals surface area (Å²) in [5, 5.41) is 0.971. The molecule has 2 heterocycles. The molecule has 1 unspecified atom stereocenters. The van der Waals surface area contributed by atoms with E-state index in [9.17, 15) is 0 Å². The molecule has 2 aromatic heterocycles. The van der Waals surface area contributed by atoms with Gasteiger partial charge in [0, 0.05) is 11.9 Å². The highest BCUT2D eigenvalue weighted by molar-refractivity contribution is 6.02. The van der Waals surface area contributed by atoms with Crippen LogP contribution in [0.4, 0.5) is 0 Å². The van der Waals surface area contributed by atoms with E-state index < -0.39 is 0 Å². The summed E-state index contributed by atoms with van der Waals surface area (Å²) in [6.45, 7) is 9.89. The number of ether oxygens (including phenoxy) is 1. The first-order valence-electron chi connectivity index (χ1n) is 10.1. The Morgan fingerprint density at radius 2 is 2.00 bits per heavy atom. The lowest BCUT2D eigenvalue weighted by atomic mass is 9.97. The molecule has 5 nitrogen and oxygen atoms in total. The van der Waals surface area contributed by atoms with Crippen molar-refractivity contribution in [2.75, 3.05) is 26.2 Å². The predicted octanol–water partition coefficient (Wildman–Crippen LogP) is 5.09. The van der Waals surface area contributed by atoms with Crippen molar-refractivity contribution in [3.05, 3.63) is 54.0 Å². The molecule has 1 aliphatic carbocycles. The lowest BCUT2D eigenvalue weighted by molar-refractivity contribution is 0.220. The molecule has 0 N–H and O–H groups in total. The number of fused-ring (bicyclic) bond motifs is 3. The van der Waals surface area contributed by atoms with Gasteiger partial charge in [0.15, 0.2) is 11.1 Å². The van der Waals surface area contributed by atoms with Gasteiger partial charge < -0.3 is 14.1 Å². The molecule has 4 rings (SSSR count). The average Bonchev–Trinajstić information content (AvgIpc) is 3.17. The van der Waals surface area contributed by atoms with Gasteiger partial charge in [-0.3, -0.25) is 0 Å². The largest absolute Gasteiger partial charge is 0.475 e. The molecule has 0 amide bonds. The molecule has 0 spiro atoms. The molecule has 0 fully saturated rings. The molecule has 1 aromatic carbocycles. The van der Waals surface area contributed by atoms with E-state index in [-0.39, 0.29) is 5.92 Å². The zero-order valence-corrected chi connectivity index (χ0v) is 16.8. The third kappa shape index (κ3) is 3.67. The summed E-state index contributed by atoms with van der Waals surface area (Å²) in [6, 6.07) is 8.00. The second kappa shape index (κ2) is 8.15. The minimum atomic E-state index is 0.151. The maximum atomic E-state index is 6.24. The quantitative estimate of drug-likeness (QED) is 0.574. The zero-order valence-electron chi connectivity index (χ0n) is 16.8.